The summed E-state index contributed by atoms with van der Waals surface area (Å²) in [5.41, 5.74) is 0.571. The first-order valence-electron chi connectivity index (χ1n) is 8.97. The number of hydrogen-bond acceptors (Lipinski definition) is 10. The van der Waals surface area contributed by atoms with Crippen molar-refractivity contribution in [2.45, 2.75) is 13.3 Å². The average molecular weight is 432 g/mol. The first-order chi connectivity index (χ1) is 14.5. The van der Waals surface area contributed by atoms with E-state index in [1.807, 2.05) is 6.92 Å². The summed E-state index contributed by atoms with van der Waals surface area (Å²) in [6, 6.07) is 6.61. The van der Waals surface area contributed by atoms with Gasteiger partial charge in [0.2, 0.25) is 5.13 Å². The van der Waals surface area contributed by atoms with E-state index in [9.17, 15) is 14.4 Å². The molecule has 0 fully saturated rings. The van der Waals surface area contributed by atoms with Crippen molar-refractivity contribution in [1.29, 1.82) is 0 Å². The molecule has 0 spiro atoms. The second-order valence-corrected chi connectivity index (χ2v) is 7.10. The van der Waals surface area contributed by atoms with Gasteiger partial charge in [-0.1, -0.05) is 30.4 Å². The number of nitrogens with zero attached hydrogens (tertiary/aromatic N) is 3. The smallest absolute Gasteiger partial charge is 0.355 e. The number of methoxy groups -OCH3 is 2. The Bertz CT molecular complexity index is 1000. The number of ether oxygens (including phenoxy) is 3. The summed E-state index contributed by atoms with van der Waals surface area (Å²) < 4.78 is 15.1. The van der Waals surface area contributed by atoms with E-state index >= 15 is 0 Å². The summed E-state index contributed by atoms with van der Waals surface area (Å²) in [5.74, 6) is -1.91. The Labute approximate surface area is 176 Å². The number of anilines is 2. The molecule has 1 amide bonds. The highest BCUT2D eigenvalue weighted by Gasteiger charge is 2.34. The molecule has 3 rings (SSSR count). The fraction of sp³-hybridized carbons (Fsp3) is 0.316. The third-order valence-corrected chi connectivity index (χ3v) is 5.25. The van der Waals surface area contributed by atoms with Crippen LogP contribution >= 0.6 is 11.3 Å². The standard InChI is InChI=1S/C19H20N4O6S/c1-4-14-21-22-19(30-14)20-16(24)11-7-5-6-8-13(11)23-10-29-9-12(17(25)27-2)15(23)18(26)28-3/h5-8H,4,9-10H2,1-3H3,(H,20,22,24). The average Bonchev–Trinajstić information content (AvgIpc) is 3.24. The molecule has 0 saturated heterocycles. The van der Waals surface area contributed by atoms with Gasteiger partial charge in [0.1, 0.15) is 17.4 Å². The Kier molecular flexibility index (Phi) is 6.75. The molecule has 0 aliphatic carbocycles. The van der Waals surface area contributed by atoms with E-state index in [2.05, 4.69) is 15.5 Å². The maximum atomic E-state index is 12.9. The Morgan fingerprint density at radius 2 is 1.90 bits per heavy atom. The molecule has 11 heteroatoms. The highest BCUT2D eigenvalue weighted by molar-refractivity contribution is 7.15. The van der Waals surface area contributed by atoms with E-state index in [0.29, 0.717) is 17.2 Å². The summed E-state index contributed by atoms with van der Waals surface area (Å²) in [7, 11) is 2.41. The van der Waals surface area contributed by atoms with Crippen LogP contribution in [0.15, 0.2) is 35.5 Å². The van der Waals surface area contributed by atoms with Crippen molar-refractivity contribution < 1.29 is 28.6 Å². The van der Waals surface area contributed by atoms with E-state index in [4.69, 9.17) is 14.2 Å². The minimum Gasteiger partial charge on any atom is -0.466 e. The highest BCUT2D eigenvalue weighted by Crippen LogP contribution is 2.30. The molecule has 1 aliphatic rings. The molecule has 2 heterocycles. The predicted octanol–water partition coefficient (Wildman–Crippen LogP) is 1.75. The Hall–Kier alpha value is -3.31. The van der Waals surface area contributed by atoms with Gasteiger partial charge >= 0.3 is 11.9 Å². The molecular weight excluding hydrogens is 412 g/mol. The number of benzene rings is 1. The molecule has 0 atom stereocenters. The zero-order valence-electron chi connectivity index (χ0n) is 16.6. The lowest BCUT2D eigenvalue weighted by Gasteiger charge is -2.32. The predicted molar refractivity (Wildman–Crippen MR) is 108 cm³/mol. The van der Waals surface area contributed by atoms with E-state index in [1.54, 1.807) is 24.3 Å². The van der Waals surface area contributed by atoms with Gasteiger partial charge in [0.15, 0.2) is 0 Å². The van der Waals surface area contributed by atoms with Crippen LogP contribution in [0, 0.1) is 0 Å². The molecule has 0 radical (unpaired) electrons. The molecule has 158 valence electrons. The van der Waals surface area contributed by atoms with Gasteiger partial charge in [0.25, 0.3) is 5.91 Å². The van der Waals surface area contributed by atoms with Crippen molar-refractivity contribution in [2.75, 3.05) is 37.8 Å². The first kappa shape index (κ1) is 21.4. The Balaban J connectivity index is 2.01. The summed E-state index contributed by atoms with van der Waals surface area (Å²) in [6.07, 6.45) is 0.707. The van der Waals surface area contributed by atoms with Crippen LogP contribution in [0.3, 0.4) is 0 Å². The number of carbonyl (C=O) groups excluding carboxylic acids is 3. The van der Waals surface area contributed by atoms with Crippen molar-refractivity contribution in [3.8, 4) is 0 Å². The molecule has 1 aromatic carbocycles. The van der Waals surface area contributed by atoms with E-state index in [1.165, 1.54) is 30.5 Å². The number of esters is 2. The van der Waals surface area contributed by atoms with E-state index in [-0.39, 0.29) is 30.2 Å². The van der Waals surface area contributed by atoms with Crippen LogP contribution in [-0.2, 0) is 30.2 Å². The van der Waals surface area contributed by atoms with Crippen LogP contribution in [0.4, 0.5) is 10.8 Å². The molecule has 0 bridgehead atoms. The van der Waals surface area contributed by atoms with Gasteiger partial charge in [-0.3, -0.25) is 10.1 Å². The van der Waals surface area contributed by atoms with Gasteiger partial charge < -0.3 is 19.1 Å². The lowest BCUT2D eigenvalue weighted by molar-refractivity contribution is -0.140. The quantitative estimate of drug-likeness (QED) is 0.681. The Morgan fingerprint density at radius 3 is 2.57 bits per heavy atom. The zero-order valence-corrected chi connectivity index (χ0v) is 17.4. The maximum Gasteiger partial charge on any atom is 0.355 e. The van der Waals surface area contributed by atoms with Crippen molar-refractivity contribution in [3.63, 3.8) is 0 Å². The number of nitrogens with one attached hydrogen (secondary N) is 1. The van der Waals surface area contributed by atoms with Gasteiger partial charge in [0.05, 0.1) is 37.7 Å². The number of aryl methyl sites for hydroxylation is 1. The molecular formula is C19H20N4O6S. The summed E-state index contributed by atoms with van der Waals surface area (Å²) in [5, 5.41) is 11.8. The fourth-order valence-electron chi connectivity index (χ4n) is 2.85. The molecule has 1 aliphatic heterocycles. The van der Waals surface area contributed by atoms with Crippen molar-refractivity contribution >= 4 is 40.0 Å². The largest absolute Gasteiger partial charge is 0.466 e. The third-order valence-electron chi connectivity index (χ3n) is 4.26. The van der Waals surface area contributed by atoms with E-state index < -0.39 is 17.8 Å². The Morgan fingerprint density at radius 1 is 1.17 bits per heavy atom. The van der Waals surface area contributed by atoms with Crippen molar-refractivity contribution in [1.82, 2.24) is 10.2 Å². The van der Waals surface area contributed by atoms with Crippen LogP contribution < -0.4 is 10.2 Å². The summed E-state index contributed by atoms with van der Waals surface area (Å²) in [6.45, 7) is 1.76. The lowest BCUT2D eigenvalue weighted by Crippen LogP contribution is -2.39. The molecule has 1 aromatic heterocycles. The second-order valence-electron chi connectivity index (χ2n) is 6.04. The minimum absolute atomic E-state index is 0.00234. The molecule has 1 N–H and O–H groups in total. The number of hydrogen-bond donors (Lipinski definition) is 1. The number of carbonyl (C=O) groups is 3. The van der Waals surface area contributed by atoms with Gasteiger partial charge in [-0.25, -0.2) is 9.59 Å². The molecule has 10 nitrogen and oxygen atoms in total. The maximum absolute atomic E-state index is 12.9. The van der Waals surface area contributed by atoms with Gasteiger partial charge in [-0.2, -0.15) is 0 Å². The van der Waals surface area contributed by atoms with Crippen LogP contribution in [0.2, 0.25) is 0 Å². The molecule has 30 heavy (non-hydrogen) atoms. The fourth-order valence-corrected chi connectivity index (χ4v) is 3.52. The third kappa shape index (κ3) is 4.31. The monoisotopic (exact) mass is 432 g/mol. The topological polar surface area (TPSA) is 120 Å². The number of aromatic nitrogens is 2. The number of amides is 1. The summed E-state index contributed by atoms with van der Waals surface area (Å²) in [4.78, 5) is 39.0. The lowest BCUT2D eigenvalue weighted by atomic mass is 10.1. The number of rotatable bonds is 6. The number of para-hydroxylation sites is 1. The first-order valence-corrected chi connectivity index (χ1v) is 9.79. The van der Waals surface area contributed by atoms with Gasteiger partial charge in [-0.15, -0.1) is 10.2 Å². The van der Waals surface area contributed by atoms with Crippen LogP contribution in [0.1, 0.15) is 22.3 Å². The minimum atomic E-state index is -0.745. The van der Waals surface area contributed by atoms with Crippen LogP contribution in [-0.4, -0.2) is 55.6 Å². The highest BCUT2D eigenvalue weighted by atomic mass is 32.1. The molecule has 0 saturated carbocycles. The second kappa shape index (κ2) is 9.46. The van der Waals surface area contributed by atoms with Gasteiger partial charge in [-0.05, 0) is 18.6 Å². The van der Waals surface area contributed by atoms with Gasteiger partial charge in [0, 0.05) is 0 Å². The molecule has 0 unspecified atom stereocenters. The van der Waals surface area contributed by atoms with Crippen LogP contribution in [0.5, 0.6) is 0 Å². The zero-order chi connectivity index (χ0) is 21.7. The summed E-state index contributed by atoms with van der Waals surface area (Å²) >= 11 is 1.28. The van der Waals surface area contributed by atoms with Crippen molar-refractivity contribution in [2.24, 2.45) is 0 Å². The SMILES string of the molecule is CCc1nnc(NC(=O)c2ccccc2N2COCC(C(=O)OC)=C2C(=O)OC)s1. The van der Waals surface area contributed by atoms with E-state index in [0.717, 1.165) is 5.01 Å². The van der Waals surface area contributed by atoms with Crippen molar-refractivity contribution in [3.05, 3.63) is 46.1 Å². The normalized spacial score (nSPS) is 13.8. The van der Waals surface area contributed by atoms with Crippen LogP contribution in [0.25, 0.3) is 0 Å². The molecule has 2 aromatic rings.